The number of piperidine rings is 1. The predicted octanol–water partition coefficient (Wildman–Crippen LogP) is 2.09. The first-order valence-electron chi connectivity index (χ1n) is 6.09. The smallest absolute Gasteiger partial charge is 0.0621 e. The topological polar surface area (TPSA) is 45.0 Å². The Hall–Kier alpha value is -0.590. The van der Waals surface area contributed by atoms with Crippen molar-refractivity contribution in [3.05, 3.63) is 0 Å². The maximum Gasteiger partial charge on any atom is 0.0621 e. The van der Waals surface area contributed by atoms with Gasteiger partial charge in [0, 0.05) is 19.6 Å². The van der Waals surface area contributed by atoms with Crippen molar-refractivity contribution in [2.75, 3.05) is 26.3 Å². The molecule has 1 fully saturated rings. The zero-order valence-corrected chi connectivity index (χ0v) is 9.50. The van der Waals surface area contributed by atoms with Crippen molar-refractivity contribution in [3.63, 3.8) is 0 Å². The summed E-state index contributed by atoms with van der Waals surface area (Å²) in [5, 5.41) is 11.8. The molecular weight excluding hydrogens is 188 g/mol. The van der Waals surface area contributed by atoms with Gasteiger partial charge in [-0.3, -0.25) is 0 Å². The largest absolute Gasteiger partial charge is 0.381 e. The Balaban J connectivity index is 1.82. The number of unbranched alkanes of at least 4 members (excludes halogenated alkanes) is 2. The van der Waals surface area contributed by atoms with Gasteiger partial charge in [-0.25, -0.2) is 0 Å². The minimum atomic E-state index is 0.663. The van der Waals surface area contributed by atoms with Gasteiger partial charge in [-0.1, -0.05) is 0 Å². The molecular formula is C12H22N2O. The first-order chi connectivity index (χ1) is 7.43. The summed E-state index contributed by atoms with van der Waals surface area (Å²) in [5.41, 5.74) is 0. The molecule has 0 aliphatic carbocycles. The van der Waals surface area contributed by atoms with Crippen molar-refractivity contribution in [3.8, 4) is 6.07 Å². The summed E-state index contributed by atoms with van der Waals surface area (Å²) in [6.07, 6.45) is 6.51. The van der Waals surface area contributed by atoms with Gasteiger partial charge in [-0.05, 0) is 51.1 Å². The van der Waals surface area contributed by atoms with Crippen LogP contribution in [0.25, 0.3) is 0 Å². The summed E-state index contributed by atoms with van der Waals surface area (Å²) >= 11 is 0. The van der Waals surface area contributed by atoms with Gasteiger partial charge in [0.25, 0.3) is 0 Å². The van der Waals surface area contributed by atoms with Crippen LogP contribution >= 0.6 is 0 Å². The van der Waals surface area contributed by atoms with E-state index < -0.39 is 0 Å². The van der Waals surface area contributed by atoms with Crippen molar-refractivity contribution in [1.29, 1.82) is 5.26 Å². The third kappa shape index (κ3) is 6.48. The molecule has 3 nitrogen and oxygen atoms in total. The van der Waals surface area contributed by atoms with Crippen LogP contribution < -0.4 is 5.32 Å². The zero-order valence-electron chi connectivity index (χ0n) is 9.50. The standard InChI is InChI=1S/C12H22N2O/c13-7-2-1-3-9-15-10-6-12-5-4-8-14-11-12/h12,14H,1-6,8-11H2. The highest BCUT2D eigenvalue weighted by atomic mass is 16.5. The van der Waals surface area contributed by atoms with E-state index in [-0.39, 0.29) is 0 Å². The number of nitrogens with one attached hydrogen (secondary N) is 1. The molecule has 0 aromatic heterocycles. The lowest BCUT2D eigenvalue weighted by atomic mass is 9.97. The minimum absolute atomic E-state index is 0.663. The molecule has 1 rings (SSSR count). The maximum atomic E-state index is 8.34. The van der Waals surface area contributed by atoms with Gasteiger partial charge in [0.2, 0.25) is 0 Å². The fraction of sp³-hybridized carbons (Fsp3) is 0.917. The normalized spacial score (nSPS) is 21.1. The van der Waals surface area contributed by atoms with Gasteiger partial charge in [0.05, 0.1) is 6.07 Å². The van der Waals surface area contributed by atoms with E-state index >= 15 is 0 Å². The molecule has 1 aliphatic rings. The molecule has 1 atom stereocenters. The molecule has 1 aliphatic heterocycles. The average molecular weight is 210 g/mol. The zero-order chi connectivity index (χ0) is 10.8. The van der Waals surface area contributed by atoms with Crippen LogP contribution in [-0.2, 0) is 4.74 Å². The Morgan fingerprint density at radius 2 is 2.27 bits per heavy atom. The lowest BCUT2D eigenvalue weighted by molar-refractivity contribution is 0.113. The summed E-state index contributed by atoms with van der Waals surface area (Å²) in [7, 11) is 0. The SMILES string of the molecule is N#CCCCCOCCC1CCCNC1. The lowest BCUT2D eigenvalue weighted by Gasteiger charge is -2.22. The van der Waals surface area contributed by atoms with Gasteiger partial charge in [0.1, 0.15) is 0 Å². The van der Waals surface area contributed by atoms with Crippen LogP contribution in [0.2, 0.25) is 0 Å². The second kappa shape index (κ2) is 8.70. The molecule has 0 bridgehead atoms. The molecule has 1 unspecified atom stereocenters. The number of ether oxygens (including phenoxy) is 1. The highest BCUT2D eigenvalue weighted by molar-refractivity contribution is 4.69. The molecule has 0 spiro atoms. The monoisotopic (exact) mass is 210 g/mol. The van der Waals surface area contributed by atoms with E-state index in [1.807, 2.05) is 0 Å². The maximum absolute atomic E-state index is 8.34. The molecule has 0 saturated carbocycles. The first-order valence-corrected chi connectivity index (χ1v) is 6.09. The predicted molar refractivity (Wildman–Crippen MR) is 60.5 cm³/mol. The highest BCUT2D eigenvalue weighted by Crippen LogP contribution is 2.13. The second-order valence-corrected chi connectivity index (χ2v) is 4.23. The third-order valence-corrected chi connectivity index (χ3v) is 2.90. The molecule has 0 aromatic rings. The van der Waals surface area contributed by atoms with E-state index in [4.69, 9.17) is 10.00 Å². The average Bonchev–Trinajstić information content (AvgIpc) is 2.29. The number of hydrogen-bond donors (Lipinski definition) is 1. The molecule has 1 saturated heterocycles. The summed E-state index contributed by atoms with van der Waals surface area (Å²) in [6.45, 7) is 4.06. The van der Waals surface area contributed by atoms with Crippen molar-refractivity contribution in [2.45, 2.75) is 38.5 Å². The van der Waals surface area contributed by atoms with Gasteiger partial charge in [-0.15, -0.1) is 0 Å². The van der Waals surface area contributed by atoms with Crippen LogP contribution in [-0.4, -0.2) is 26.3 Å². The van der Waals surface area contributed by atoms with E-state index in [1.54, 1.807) is 0 Å². The Labute approximate surface area is 92.8 Å². The summed E-state index contributed by atoms with van der Waals surface area (Å²) < 4.78 is 5.55. The molecule has 0 amide bonds. The molecule has 15 heavy (non-hydrogen) atoms. The molecule has 86 valence electrons. The van der Waals surface area contributed by atoms with Crippen LogP contribution in [0.1, 0.15) is 38.5 Å². The summed E-state index contributed by atoms with van der Waals surface area (Å²) in [5.74, 6) is 0.817. The van der Waals surface area contributed by atoms with Crippen molar-refractivity contribution >= 4 is 0 Å². The summed E-state index contributed by atoms with van der Waals surface area (Å²) in [4.78, 5) is 0. The minimum Gasteiger partial charge on any atom is -0.381 e. The quantitative estimate of drug-likeness (QED) is 0.654. The van der Waals surface area contributed by atoms with Crippen LogP contribution in [0.5, 0.6) is 0 Å². The van der Waals surface area contributed by atoms with E-state index in [9.17, 15) is 0 Å². The van der Waals surface area contributed by atoms with Crippen molar-refractivity contribution < 1.29 is 4.74 Å². The van der Waals surface area contributed by atoms with Crippen LogP contribution in [0.4, 0.5) is 0 Å². The van der Waals surface area contributed by atoms with Crippen molar-refractivity contribution in [2.24, 2.45) is 5.92 Å². The Morgan fingerprint density at radius 1 is 1.33 bits per heavy atom. The number of rotatable bonds is 7. The molecule has 3 heteroatoms. The summed E-state index contributed by atoms with van der Waals surface area (Å²) in [6, 6.07) is 2.15. The number of nitriles is 1. The Morgan fingerprint density at radius 3 is 3.00 bits per heavy atom. The fourth-order valence-electron chi connectivity index (χ4n) is 1.93. The van der Waals surface area contributed by atoms with Gasteiger partial charge < -0.3 is 10.1 Å². The number of nitrogens with zero attached hydrogens (tertiary/aromatic N) is 1. The fourth-order valence-corrected chi connectivity index (χ4v) is 1.93. The van der Waals surface area contributed by atoms with E-state index in [0.717, 1.165) is 38.5 Å². The van der Waals surface area contributed by atoms with Crippen molar-refractivity contribution in [1.82, 2.24) is 5.32 Å². The Bertz CT molecular complexity index is 183. The van der Waals surface area contributed by atoms with Crippen LogP contribution in [0.15, 0.2) is 0 Å². The second-order valence-electron chi connectivity index (χ2n) is 4.23. The van der Waals surface area contributed by atoms with Crippen LogP contribution in [0, 0.1) is 17.2 Å². The lowest BCUT2D eigenvalue weighted by Crippen LogP contribution is -2.30. The number of hydrogen-bond acceptors (Lipinski definition) is 3. The van der Waals surface area contributed by atoms with Crippen LogP contribution in [0.3, 0.4) is 0 Å². The van der Waals surface area contributed by atoms with Gasteiger partial charge in [0.15, 0.2) is 0 Å². The Kier molecular flexibility index (Phi) is 7.24. The van der Waals surface area contributed by atoms with E-state index in [1.165, 1.54) is 25.8 Å². The van der Waals surface area contributed by atoms with Gasteiger partial charge in [-0.2, -0.15) is 5.26 Å². The first kappa shape index (κ1) is 12.5. The molecule has 1 heterocycles. The van der Waals surface area contributed by atoms with Gasteiger partial charge >= 0.3 is 0 Å². The highest BCUT2D eigenvalue weighted by Gasteiger charge is 2.11. The molecule has 0 aromatic carbocycles. The molecule has 0 radical (unpaired) electrons. The van der Waals surface area contributed by atoms with E-state index in [2.05, 4.69) is 11.4 Å². The van der Waals surface area contributed by atoms with E-state index in [0.29, 0.717) is 6.42 Å². The molecule has 1 N–H and O–H groups in total. The third-order valence-electron chi connectivity index (χ3n) is 2.90.